The van der Waals surface area contributed by atoms with Crippen LogP contribution in [0, 0.1) is 11.6 Å². The Morgan fingerprint density at radius 1 is 0.733 bits per heavy atom. The summed E-state index contributed by atoms with van der Waals surface area (Å²) >= 11 is 0. The molecule has 76 valence electrons. The summed E-state index contributed by atoms with van der Waals surface area (Å²) in [7, 11) is 0.813. The molecule has 2 aromatic rings. The molecule has 2 aromatic carbocycles. The third-order valence-electron chi connectivity index (χ3n) is 1.87. The van der Waals surface area contributed by atoms with Gasteiger partial charge in [-0.1, -0.05) is 36.4 Å². The zero-order chi connectivity index (χ0) is 10.7. The number of benzene rings is 2. The van der Waals surface area contributed by atoms with E-state index in [0.29, 0.717) is 0 Å². The average Bonchev–Trinajstić information content (AvgIpc) is 2.17. The van der Waals surface area contributed by atoms with Gasteiger partial charge in [-0.2, -0.15) is 10.6 Å². The summed E-state index contributed by atoms with van der Waals surface area (Å²) in [4.78, 5) is 0. The molecule has 2 rings (SSSR count). The standard InChI is InChI=1S/C12H8F2P/c13-9-3-1-5-11(7-9)15-12-6-2-4-10(14)8-12/h1-8H/q-1. The summed E-state index contributed by atoms with van der Waals surface area (Å²) in [5, 5.41) is 1.64. The summed E-state index contributed by atoms with van der Waals surface area (Å²) in [6.07, 6.45) is 0. The highest BCUT2D eigenvalue weighted by Crippen LogP contribution is 2.11. The fourth-order valence-electron chi connectivity index (χ4n) is 1.24. The third kappa shape index (κ3) is 2.84. The van der Waals surface area contributed by atoms with Crippen LogP contribution in [0.4, 0.5) is 8.78 Å². The molecule has 0 unspecified atom stereocenters. The normalized spacial score (nSPS) is 10.3. The maximum Gasteiger partial charge on any atom is 0.120 e. The van der Waals surface area contributed by atoms with E-state index >= 15 is 0 Å². The minimum atomic E-state index is -0.267. The minimum Gasteiger partial charge on any atom is -0.472 e. The molecule has 0 amide bonds. The van der Waals surface area contributed by atoms with Gasteiger partial charge in [-0.15, -0.1) is 0 Å². The van der Waals surface area contributed by atoms with Crippen molar-refractivity contribution in [1.82, 2.24) is 0 Å². The molecule has 0 aliphatic rings. The predicted molar refractivity (Wildman–Crippen MR) is 59.0 cm³/mol. The Morgan fingerprint density at radius 3 is 1.60 bits per heavy atom. The van der Waals surface area contributed by atoms with Crippen molar-refractivity contribution in [2.24, 2.45) is 0 Å². The second kappa shape index (κ2) is 4.50. The van der Waals surface area contributed by atoms with Crippen LogP contribution in [0.25, 0.3) is 0 Å². The second-order valence-corrected chi connectivity index (χ2v) is 4.33. The fraction of sp³-hybridized carbons (Fsp3) is 0. The molecule has 3 heteroatoms. The number of hydrogen-bond acceptors (Lipinski definition) is 0. The molecule has 0 saturated heterocycles. The van der Waals surface area contributed by atoms with Crippen LogP contribution in [-0.4, -0.2) is 0 Å². The van der Waals surface area contributed by atoms with Crippen LogP contribution in [-0.2, 0) is 0 Å². The highest BCUT2D eigenvalue weighted by Gasteiger charge is 1.88. The van der Waals surface area contributed by atoms with E-state index in [4.69, 9.17) is 0 Å². The molecule has 0 radical (unpaired) electrons. The van der Waals surface area contributed by atoms with Crippen molar-refractivity contribution in [3.8, 4) is 0 Å². The van der Waals surface area contributed by atoms with Crippen molar-refractivity contribution in [2.45, 2.75) is 0 Å². The average molecular weight is 221 g/mol. The van der Waals surface area contributed by atoms with E-state index in [2.05, 4.69) is 0 Å². The number of halogens is 2. The molecular formula is C12H8F2P-. The highest BCUT2D eigenvalue weighted by atomic mass is 31.1. The first-order valence-corrected chi connectivity index (χ1v) is 5.36. The smallest absolute Gasteiger partial charge is 0.120 e. The molecule has 0 saturated carbocycles. The number of hydrogen-bond donors (Lipinski definition) is 0. The lowest BCUT2D eigenvalue weighted by atomic mass is 10.3. The van der Waals surface area contributed by atoms with Gasteiger partial charge in [0.05, 0.1) is 0 Å². The molecule has 0 aliphatic carbocycles. The second-order valence-electron chi connectivity index (χ2n) is 3.07. The first-order chi connectivity index (χ1) is 7.24. The third-order valence-corrected chi connectivity index (χ3v) is 2.95. The van der Waals surface area contributed by atoms with E-state index in [0.717, 1.165) is 19.2 Å². The molecule has 0 N–H and O–H groups in total. The van der Waals surface area contributed by atoms with Crippen LogP contribution in [0.15, 0.2) is 48.5 Å². The van der Waals surface area contributed by atoms with Crippen LogP contribution in [0.1, 0.15) is 0 Å². The molecule has 0 fully saturated rings. The van der Waals surface area contributed by atoms with Gasteiger partial charge < -0.3 is 8.58 Å². The largest absolute Gasteiger partial charge is 0.472 e. The predicted octanol–water partition coefficient (Wildman–Crippen LogP) is 2.86. The topological polar surface area (TPSA) is 0 Å². The van der Waals surface area contributed by atoms with Gasteiger partial charge in [-0.05, 0) is 12.1 Å². The quantitative estimate of drug-likeness (QED) is 0.684. The van der Waals surface area contributed by atoms with E-state index in [1.54, 1.807) is 12.1 Å². The van der Waals surface area contributed by atoms with Crippen LogP contribution in [0.3, 0.4) is 0 Å². The monoisotopic (exact) mass is 221 g/mol. The van der Waals surface area contributed by atoms with Crippen LogP contribution >= 0.6 is 8.58 Å². The first kappa shape index (κ1) is 10.3. The Balaban J connectivity index is 2.22. The van der Waals surface area contributed by atoms with Crippen molar-refractivity contribution in [3.63, 3.8) is 0 Å². The lowest BCUT2D eigenvalue weighted by Gasteiger charge is -2.19. The molecule has 0 heterocycles. The SMILES string of the molecule is Fc1cccc([P-]c2cccc(F)c2)c1. The van der Waals surface area contributed by atoms with Gasteiger partial charge in [0.1, 0.15) is 11.6 Å². The summed E-state index contributed by atoms with van der Waals surface area (Å²) in [5.74, 6) is -0.534. The molecule has 0 spiro atoms. The lowest BCUT2D eigenvalue weighted by molar-refractivity contribution is 0.629. The highest BCUT2D eigenvalue weighted by molar-refractivity contribution is 7.55. The maximum atomic E-state index is 12.9. The molecule has 0 atom stereocenters. The zero-order valence-electron chi connectivity index (χ0n) is 7.82. The molecule has 0 aromatic heterocycles. The Bertz CT molecular complexity index is 425. The Labute approximate surface area is 88.7 Å². The molecule has 0 nitrogen and oxygen atoms in total. The molecular weight excluding hydrogens is 213 g/mol. The van der Waals surface area contributed by atoms with Crippen molar-refractivity contribution in [1.29, 1.82) is 0 Å². The van der Waals surface area contributed by atoms with Gasteiger partial charge in [-0.25, -0.2) is 8.78 Å². The summed E-state index contributed by atoms with van der Waals surface area (Å²) in [5.41, 5.74) is 0. The van der Waals surface area contributed by atoms with E-state index in [1.807, 2.05) is 12.1 Å². The van der Waals surface area contributed by atoms with Crippen molar-refractivity contribution in [2.75, 3.05) is 0 Å². The maximum absolute atomic E-state index is 12.9. The summed E-state index contributed by atoms with van der Waals surface area (Å²) in [6.45, 7) is 0. The van der Waals surface area contributed by atoms with Crippen LogP contribution in [0.5, 0.6) is 0 Å². The van der Waals surface area contributed by atoms with Crippen molar-refractivity contribution < 1.29 is 8.78 Å². The molecule has 15 heavy (non-hydrogen) atoms. The molecule has 0 aliphatic heterocycles. The van der Waals surface area contributed by atoms with Gasteiger partial charge in [-0.3, -0.25) is 0 Å². The Hall–Kier alpha value is -1.27. The Kier molecular flexibility index (Phi) is 3.08. The summed E-state index contributed by atoms with van der Waals surface area (Å²) < 4.78 is 25.7. The first-order valence-electron chi connectivity index (χ1n) is 4.47. The van der Waals surface area contributed by atoms with Gasteiger partial charge >= 0.3 is 0 Å². The van der Waals surface area contributed by atoms with E-state index < -0.39 is 0 Å². The van der Waals surface area contributed by atoms with Crippen LogP contribution < -0.4 is 10.6 Å². The zero-order valence-corrected chi connectivity index (χ0v) is 8.72. The van der Waals surface area contributed by atoms with Gasteiger partial charge in [0.2, 0.25) is 0 Å². The van der Waals surface area contributed by atoms with Crippen molar-refractivity contribution >= 4 is 19.2 Å². The minimum absolute atomic E-state index is 0.267. The molecule has 0 bridgehead atoms. The lowest BCUT2D eigenvalue weighted by Crippen LogP contribution is -2.04. The fourth-order valence-corrected chi connectivity index (χ4v) is 2.24. The van der Waals surface area contributed by atoms with E-state index in [-0.39, 0.29) is 11.6 Å². The van der Waals surface area contributed by atoms with Crippen molar-refractivity contribution in [3.05, 3.63) is 60.2 Å². The van der Waals surface area contributed by atoms with Crippen LogP contribution in [0.2, 0.25) is 0 Å². The van der Waals surface area contributed by atoms with E-state index in [9.17, 15) is 8.78 Å². The van der Waals surface area contributed by atoms with Gasteiger partial charge in [0, 0.05) is 0 Å². The number of rotatable bonds is 2. The van der Waals surface area contributed by atoms with Gasteiger partial charge in [0.15, 0.2) is 0 Å². The van der Waals surface area contributed by atoms with Gasteiger partial charge in [0.25, 0.3) is 0 Å². The summed E-state index contributed by atoms with van der Waals surface area (Å²) in [6, 6.07) is 12.6. The van der Waals surface area contributed by atoms with E-state index in [1.165, 1.54) is 24.3 Å². The Morgan fingerprint density at radius 2 is 1.20 bits per heavy atom.